The highest BCUT2D eigenvalue weighted by molar-refractivity contribution is 6.03. The second-order valence-corrected chi connectivity index (χ2v) is 8.96. The summed E-state index contributed by atoms with van der Waals surface area (Å²) in [6.45, 7) is 13.5. The molecule has 4 aromatic rings. The Kier molecular flexibility index (Phi) is 8.80. The first-order valence-corrected chi connectivity index (χ1v) is 13.3. The molecule has 0 fully saturated rings. The van der Waals surface area contributed by atoms with Gasteiger partial charge in [-0.05, 0) is 78.0 Å². The van der Waals surface area contributed by atoms with Crippen molar-refractivity contribution >= 4 is 33.8 Å². The average Bonchev–Trinajstić information content (AvgIpc) is 2.92. The van der Waals surface area contributed by atoms with E-state index in [2.05, 4.69) is 134 Å². The van der Waals surface area contributed by atoms with Gasteiger partial charge in [0.25, 0.3) is 0 Å². The molecular weight excluding hydrogens is 438 g/mol. The van der Waals surface area contributed by atoms with Gasteiger partial charge in [-0.15, -0.1) is 0 Å². The third-order valence-corrected chi connectivity index (χ3v) is 6.78. The fraction of sp³-hybridized carbons (Fsp3) is 0.273. The Balaban J connectivity index is 1.93. The van der Waals surface area contributed by atoms with Gasteiger partial charge in [-0.1, -0.05) is 79.7 Å². The van der Waals surface area contributed by atoms with Crippen LogP contribution < -0.4 is 26.0 Å². The molecule has 3 nitrogen and oxygen atoms in total. The molecule has 0 bridgehead atoms. The smallest absolute Gasteiger partial charge is 0.0420 e. The molecule has 0 amide bonds. The second kappa shape index (κ2) is 12.4. The topological polar surface area (TPSA) is 27.3 Å². The van der Waals surface area contributed by atoms with Gasteiger partial charge in [0.05, 0.1) is 0 Å². The van der Waals surface area contributed by atoms with E-state index in [1.807, 2.05) is 0 Å². The van der Waals surface area contributed by atoms with E-state index >= 15 is 0 Å². The first kappa shape index (κ1) is 25.5. The molecule has 0 heterocycles. The van der Waals surface area contributed by atoms with Gasteiger partial charge in [0.2, 0.25) is 0 Å². The zero-order chi connectivity index (χ0) is 25.3. The van der Waals surface area contributed by atoms with E-state index in [-0.39, 0.29) is 0 Å². The number of hydrogen-bond donors (Lipinski definition) is 2. The van der Waals surface area contributed by atoms with Crippen LogP contribution in [0.1, 0.15) is 38.8 Å². The third-order valence-electron chi connectivity index (χ3n) is 6.78. The number of fused-ring (bicyclic) bond motifs is 1. The van der Waals surface area contributed by atoms with E-state index in [1.165, 1.54) is 49.3 Å². The Morgan fingerprint density at radius 3 is 2.06 bits per heavy atom. The molecule has 0 aromatic heterocycles. The summed E-state index contributed by atoms with van der Waals surface area (Å²) in [5.41, 5.74) is 6.20. The van der Waals surface area contributed by atoms with E-state index in [4.69, 9.17) is 0 Å². The zero-order valence-corrected chi connectivity index (χ0v) is 22.1. The van der Waals surface area contributed by atoms with Gasteiger partial charge in [-0.25, -0.2) is 0 Å². The van der Waals surface area contributed by atoms with Crippen molar-refractivity contribution in [1.29, 1.82) is 0 Å². The molecule has 0 saturated heterocycles. The molecular formula is C33H39N3. The summed E-state index contributed by atoms with van der Waals surface area (Å²) in [5.74, 6) is 0. The molecule has 36 heavy (non-hydrogen) atoms. The molecule has 3 heteroatoms. The Hall–Kier alpha value is -3.56. The molecule has 4 rings (SSSR count). The van der Waals surface area contributed by atoms with Crippen molar-refractivity contribution < 1.29 is 0 Å². The van der Waals surface area contributed by atoms with Gasteiger partial charge in [0.1, 0.15) is 0 Å². The van der Waals surface area contributed by atoms with Gasteiger partial charge in [-0.2, -0.15) is 0 Å². The Morgan fingerprint density at radius 2 is 1.42 bits per heavy atom. The SMILES string of the molecule is CCNCC=c1ccc(=C(c2ccc(N(CC)CC)cc2)c2ccc(NCC)c3ccccc23)cc1. The maximum Gasteiger partial charge on any atom is 0.0420 e. The quantitative estimate of drug-likeness (QED) is 0.285. The molecule has 0 spiro atoms. The lowest BCUT2D eigenvalue weighted by Gasteiger charge is -2.22. The van der Waals surface area contributed by atoms with E-state index in [0.29, 0.717) is 0 Å². The van der Waals surface area contributed by atoms with Crippen LogP contribution in [0.15, 0.2) is 84.9 Å². The molecule has 0 aliphatic rings. The minimum absolute atomic E-state index is 0.885. The number of nitrogens with one attached hydrogen (secondary N) is 2. The lowest BCUT2D eigenvalue weighted by Crippen LogP contribution is -2.21. The monoisotopic (exact) mass is 477 g/mol. The first-order valence-electron chi connectivity index (χ1n) is 13.3. The Labute approximate surface area is 216 Å². The molecule has 0 radical (unpaired) electrons. The molecule has 2 N–H and O–H groups in total. The van der Waals surface area contributed by atoms with Crippen molar-refractivity contribution in [3.05, 3.63) is 106 Å². The molecule has 0 saturated carbocycles. The summed E-state index contributed by atoms with van der Waals surface area (Å²) in [7, 11) is 0. The van der Waals surface area contributed by atoms with Crippen LogP contribution >= 0.6 is 0 Å². The molecule has 186 valence electrons. The van der Waals surface area contributed by atoms with Gasteiger partial charge < -0.3 is 15.5 Å². The predicted molar refractivity (Wildman–Crippen MR) is 158 cm³/mol. The van der Waals surface area contributed by atoms with E-state index < -0.39 is 0 Å². The summed E-state index contributed by atoms with van der Waals surface area (Å²) in [5, 5.41) is 11.9. The number of nitrogens with zero attached hydrogens (tertiary/aromatic N) is 1. The van der Waals surface area contributed by atoms with Crippen molar-refractivity contribution in [3.63, 3.8) is 0 Å². The van der Waals surface area contributed by atoms with Crippen LogP contribution in [0.3, 0.4) is 0 Å². The number of anilines is 2. The highest BCUT2D eigenvalue weighted by Gasteiger charge is 2.13. The molecule has 0 aliphatic heterocycles. The standard InChI is InChI=1S/C33H39N3/c1-5-34-24-23-25-13-15-26(16-14-25)33(27-17-19-28(20-18-27)36(7-3)8-4)31-21-22-32(35-6-2)30-12-10-9-11-29(30)31/h9-23,34-35H,5-8,24H2,1-4H3. The van der Waals surface area contributed by atoms with Crippen LogP contribution in [0.2, 0.25) is 0 Å². The van der Waals surface area contributed by atoms with Gasteiger partial charge >= 0.3 is 0 Å². The van der Waals surface area contributed by atoms with Gasteiger partial charge in [0.15, 0.2) is 0 Å². The van der Waals surface area contributed by atoms with Crippen LogP contribution in [-0.4, -0.2) is 32.7 Å². The first-order chi connectivity index (χ1) is 17.7. The minimum atomic E-state index is 0.885. The van der Waals surface area contributed by atoms with E-state index in [9.17, 15) is 0 Å². The lowest BCUT2D eigenvalue weighted by molar-refractivity contribution is 0.815. The Bertz CT molecular complexity index is 1380. The molecule has 0 unspecified atom stereocenters. The normalized spacial score (nSPS) is 10.9. The molecule has 4 aromatic carbocycles. The number of hydrogen-bond acceptors (Lipinski definition) is 3. The predicted octanol–water partition coefficient (Wildman–Crippen LogP) is 5.76. The number of rotatable bonds is 10. The second-order valence-electron chi connectivity index (χ2n) is 8.96. The van der Waals surface area contributed by atoms with Crippen LogP contribution in [-0.2, 0) is 0 Å². The highest BCUT2D eigenvalue weighted by atomic mass is 15.1. The zero-order valence-electron chi connectivity index (χ0n) is 22.1. The van der Waals surface area contributed by atoms with Crippen LogP contribution in [0, 0.1) is 0 Å². The summed E-state index contributed by atoms with van der Waals surface area (Å²) in [4.78, 5) is 2.39. The summed E-state index contributed by atoms with van der Waals surface area (Å²) in [6.07, 6.45) is 2.24. The summed E-state index contributed by atoms with van der Waals surface area (Å²) >= 11 is 0. The largest absolute Gasteiger partial charge is 0.385 e. The highest BCUT2D eigenvalue weighted by Crippen LogP contribution is 2.33. The van der Waals surface area contributed by atoms with Crippen molar-refractivity contribution in [2.75, 3.05) is 42.9 Å². The maximum absolute atomic E-state index is 3.54. The Morgan fingerprint density at radius 1 is 0.722 bits per heavy atom. The molecule has 0 atom stereocenters. The van der Waals surface area contributed by atoms with Crippen LogP contribution in [0.5, 0.6) is 0 Å². The van der Waals surface area contributed by atoms with Crippen LogP contribution in [0.4, 0.5) is 11.4 Å². The van der Waals surface area contributed by atoms with Crippen molar-refractivity contribution in [3.8, 4) is 0 Å². The van der Waals surface area contributed by atoms with Crippen molar-refractivity contribution in [1.82, 2.24) is 5.32 Å². The third kappa shape index (κ3) is 5.63. The summed E-state index contributed by atoms with van der Waals surface area (Å²) < 4.78 is 0. The van der Waals surface area contributed by atoms with Gasteiger partial charge in [-0.3, -0.25) is 0 Å². The summed E-state index contributed by atoms with van der Waals surface area (Å²) in [6, 6.07) is 31.3. The van der Waals surface area contributed by atoms with E-state index in [1.54, 1.807) is 0 Å². The fourth-order valence-electron chi connectivity index (χ4n) is 4.89. The lowest BCUT2D eigenvalue weighted by atomic mass is 9.90. The minimum Gasteiger partial charge on any atom is -0.385 e. The molecule has 0 aliphatic carbocycles. The average molecular weight is 478 g/mol. The number of benzene rings is 4. The van der Waals surface area contributed by atoms with Crippen molar-refractivity contribution in [2.45, 2.75) is 27.7 Å². The fourth-order valence-corrected chi connectivity index (χ4v) is 4.89. The maximum atomic E-state index is 3.54. The van der Waals surface area contributed by atoms with Crippen molar-refractivity contribution in [2.24, 2.45) is 0 Å². The van der Waals surface area contributed by atoms with E-state index in [0.717, 1.165) is 32.7 Å². The van der Waals surface area contributed by atoms with Crippen LogP contribution in [0.25, 0.3) is 22.4 Å². The van der Waals surface area contributed by atoms with Gasteiger partial charge in [0, 0.05) is 42.9 Å².